The van der Waals surface area contributed by atoms with Crippen molar-refractivity contribution in [1.29, 1.82) is 0 Å². The number of esters is 1. The van der Waals surface area contributed by atoms with Gasteiger partial charge in [0.1, 0.15) is 0 Å². The van der Waals surface area contributed by atoms with E-state index in [0.717, 1.165) is 46.3 Å². The van der Waals surface area contributed by atoms with Gasteiger partial charge in [0, 0.05) is 0 Å². The maximum atomic E-state index is 12.4. The number of allylic oxidation sites excluding steroid dienone is 1. The summed E-state index contributed by atoms with van der Waals surface area (Å²) in [6.45, 7) is 6.94. The van der Waals surface area contributed by atoms with Crippen LogP contribution >= 0.6 is 21.2 Å². The number of carbonyl (C=O) groups is 1. The Kier molecular flexibility index (Phi) is 12.2. The molecule has 8 heteroatoms. The molecule has 3 saturated carbocycles. The second kappa shape index (κ2) is 14.7. The van der Waals surface area contributed by atoms with E-state index >= 15 is 0 Å². The summed E-state index contributed by atoms with van der Waals surface area (Å²) in [7, 11) is -3.29. The van der Waals surface area contributed by atoms with Crippen LogP contribution in [0.5, 0.6) is 0 Å². The van der Waals surface area contributed by atoms with Crippen molar-refractivity contribution >= 4 is 55.1 Å². The first-order valence-electron chi connectivity index (χ1n) is 15.4. The van der Waals surface area contributed by atoms with Gasteiger partial charge in [-0.2, -0.15) is 0 Å². The van der Waals surface area contributed by atoms with Crippen molar-refractivity contribution in [1.82, 2.24) is 4.90 Å². The third kappa shape index (κ3) is 9.07. The van der Waals surface area contributed by atoms with Gasteiger partial charge in [-0.3, -0.25) is 0 Å². The van der Waals surface area contributed by atoms with E-state index in [4.69, 9.17) is 4.74 Å². The minimum absolute atomic E-state index is 0.207. The molecule has 0 N–H and O–H groups in total. The van der Waals surface area contributed by atoms with Crippen LogP contribution in [-0.2, 0) is 16.5 Å². The van der Waals surface area contributed by atoms with E-state index in [2.05, 4.69) is 18.7 Å². The van der Waals surface area contributed by atoms with E-state index < -0.39 is 13.0 Å². The molecule has 0 spiro atoms. The van der Waals surface area contributed by atoms with Crippen LogP contribution in [0.3, 0.4) is 0 Å². The zero-order chi connectivity index (χ0) is 27.3. The van der Waals surface area contributed by atoms with E-state index in [1.165, 1.54) is 105 Å². The summed E-state index contributed by atoms with van der Waals surface area (Å²) in [6.07, 6.45) is 21.1. The van der Waals surface area contributed by atoms with Crippen LogP contribution in [-0.4, -0.2) is 70.7 Å². The molecule has 0 radical (unpaired) electrons. The quantitative estimate of drug-likeness (QED) is 0.0808. The molecular formula is C30H50INO4STe. The van der Waals surface area contributed by atoms with Gasteiger partial charge in [0.25, 0.3) is 0 Å². The molecule has 0 bridgehead atoms. The molecule has 4 aliphatic rings. The van der Waals surface area contributed by atoms with Crippen LogP contribution in [0, 0.1) is 17.8 Å². The van der Waals surface area contributed by atoms with Crippen LogP contribution in [0.25, 0.3) is 0 Å². The van der Waals surface area contributed by atoms with Crippen molar-refractivity contribution in [2.45, 2.75) is 137 Å². The Hall–Kier alpha value is 0.640. The van der Waals surface area contributed by atoms with Gasteiger partial charge in [-0.05, 0) is 0 Å². The Morgan fingerprint density at radius 1 is 0.842 bits per heavy atom. The molecule has 2 atom stereocenters. The average molecular weight is 775 g/mol. The van der Waals surface area contributed by atoms with Crippen molar-refractivity contribution in [3.63, 3.8) is 0 Å². The zero-order valence-electron chi connectivity index (χ0n) is 23.8. The van der Waals surface area contributed by atoms with Gasteiger partial charge in [0.2, 0.25) is 0 Å². The molecule has 0 aromatic rings. The van der Waals surface area contributed by atoms with Crippen LogP contribution in [0.1, 0.15) is 111 Å². The summed E-state index contributed by atoms with van der Waals surface area (Å²) in [4.78, 5) is 15.5. The van der Waals surface area contributed by atoms with E-state index in [0.29, 0.717) is 9.54 Å². The van der Waals surface area contributed by atoms with Crippen molar-refractivity contribution in [3.8, 4) is 0 Å². The Morgan fingerprint density at radius 2 is 1.34 bits per heavy atom. The Bertz CT molecular complexity index is 881. The van der Waals surface area contributed by atoms with Gasteiger partial charge in [-0.1, -0.05) is 0 Å². The van der Waals surface area contributed by atoms with E-state index in [-0.39, 0.29) is 33.3 Å². The van der Waals surface area contributed by atoms with Gasteiger partial charge >= 0.3 is 256 Å². The molecular weight excluding hydrogens is 725 g/mol. The average Bonchev–Trinajstić information content (AvgIpc) is 3.34. The summed E-state index contributed by atoms with van der Waals surface area (Å²) in [5.41, 5.74) is 0.361. The molecule has 5 nitrogen and oxygen atoms in total. The number of nitrogens with zero attached hydrogens (tertiary/aromatic N) is 1. The Balaban J connectivity index is 1.35. The van der Waals surface area contributed by atoms with E-state index in [9.17, 15) is 13.2 Å². The molecule has 1 heterocycles. The van der Waals surface area contributed by atoms with Crippen molar-refractivity contribution < 1.29 is 17.9 Å². The van der Waals surface area contributed by atoms with Gasteiger partial charge in [-0.25, -0.2) is 0 Å². The SMILES string of the molecule is CCOC(=O)/C(=C/C1CCC(C2CCC(N(C3CCC(C)CC3)C3CCC(C)CC3)CC2)[Te]1)CS(=O)(=O)I. The topological polar surface area (TPSA) is 63.7 Å². The molecule has 0 aromatic carbocycles. The fraction of sp³-hybridized carbons (Fsp3) is 0.900. The molecule has 0 amide bonds. The second-order valence-electron chi connectivity index (χ2n) is 12.7. The fourth-order valence-corrected chi connectivity index (χ4v) is 14.2. The summed E-state index contributed by atoms with van der Waals surface area (Å²) < 4.78 is 30.3. The van der Waals surface area contributed by atoms with Crippen LogP contribution in [0.2, 0.25) is 7.93 Å². The predicted octanol–water partition coefficient (Wildman–Crippen LogP) is 7.33. The molecule has 218 valence electrons. The first-order valence-corrected chi connectivity index (χ1v) is 22.2. The van der Waals surface area contributed by atoms with Gasteiger partial charge in [0.05, 0.1) is 0 Å². The van der Waals surface area contributed by atoms with Crippen LogP contribution < -0.4 is 0 Å². The number of hydrogen-bond acceptors (Lipinski definition) is 5. The third-order valence-corrected chi connectivity index (χ3v) is 16.3. The summed E-state index contributed by atoms with van der Waals surface area (Å²) in [6, 6.07) is 2.41. The van der Waals surface area contributed by atoms with Gasteiger partial charge in [0.15, 0.2) is 0 Å². The maximum absolute atomic E-state index is 12.4. The summed E-state index contributed by atoms with van der Waals surface area (Å²) in [5.74, 6) is 2.00. The molecule has 1 aliphatic heterocycles. The minimum atomic E-state index is -3.29. The van der Waals surface area contributed by atoms with Crippen molar-refractivity contribution in [2.24, 2.45) is 17.8 Å². The van der Waals surface area contributed by atoms with Gasteiger partial charge in [-0.15, -0.1) is 0 Å². The van der Waals surface area contributed by atoms with Crippen LogP contribution in [0.15, 0.2) is 11.6 Å². The molecule has 3 aliphatic carbocycles. The number of carbonyl (C=O) groups excluding carboxylic acids is 1. The molecule has 0 aromatic heterocycles. The summed E-state index contributed by atoms with van der Waals surface area (Å²) >= 11 is 1.15. The molecule has 38 heavy (non-hydrogen) atoms. The van der Waals surface area contributed by atoms with E-state index in [1.807, 2.05) is 6.08 Å². The molecule has 4 fully saturated rings. The number of halogens is 1. The second-order valence-corrected chi connectivity index (χ2v) is 22.4. The number of ether oxygens (including phenoxy) is 1. The Morgan fingerprint density at radius 3 is 1.82 bits per heavy atom. The monoisotopic (exact) mass is 777 g/mol. The molecule has 2 unspecified atom stereocenters. The molecule has 4 rings (SSSR count). The number of hydrogen-bond donors (Lipinski definition) is 0. The predicted molar refractivity (Wildman–Crippen MR) is 165 cm³/mol. The fourth-order valence-electron chi connectivity index (χ4n) is 7.71. The van der Waals surface area contributed by atoms with Crippen LogP contribution in [0.4, 0.5) is 0 Å². The molecule has 1 saturated heterocycles. The van der Waals surface area contributed by atoms with E-state index in [1.54, 1.807) is 6.92 Å². The standard InChI is InChI=1S/C30H50INO4STe/c1-4-36-30(33)24(20-37(31,34)35)19-28-17-18-29(38-28)23-9-15-27(16-10-23)32(25-11-5-21(2)6-12-25)26-13-7-22(3)8-14-26/h19,21-23,25-29H,4-18,20H2,1-3H3/b24-19+. The summed E-state index contributed by atoms with van der Waals surface area (Å²) in [5, 5.41) is 0. The normalized spacial score (nSPS) is 37.3. The van der Waals surface area contributed by atoms with Crippen molar-refractivity contribution in [2.75, 3.05) is 12.4 Å². The van der Waals surface area contributed by atoms with Gasteiger partial charge < -0.3 is 0 Å². The van der Waals surface area contributed by atoms with Crippen molar-refractivity contribution in [3.05, 3.63) is 11.6 Å². The Labute approximate surface area is 254 Å². The third-order valence-electron chi connectivity index (χ3n) is 9.84. The number of rotatable bonds is 9. The zero-order valence-corrected chi connectivity index (χ0v) is 29.1. The first kappa shape index (κ1) is 31.6. The first-order chi connectivity index (χ1) is 18.1.